The fourth-order valence-electron chi connectivity index (χ4n) is 2.69. The molecule has 0 bridgehead atoms. The van der Waals surface area contributed by atoms with Crippen LogP contribution in [-0.2, 0) is 14.8 Å². The topological polar surface area (TPSA) is 87.0 Å². The molecule has 1 fully saturated rings. The van der Waals surface area contributed by atoms with Gasteiger partial charge in [-0.15, -0.1) is 4.40 Å². The Bertz CT molecular complexity index is 696. The van der Waals surface area contributed by atoms with E-state index in [-0.39, 0.29) is 4.90 Å². The molecule has 1 aromatic rings. The summed E-state index contributed by atoms with van der Waals surface area (Å²) in [6.07, 6.45) is 1.34. The van der Waals surface area contributed by atoms with E-state index in [2.05, 4.69) is 4.40 Å². The van der Waals surface area contributed by atoms with E-state index in [1.54, 1.807) is 23.1 Å². The van der Waals surface area contributed by atoms with Crippen LogP contribution in [0.1, 0.15) is 18.4 Å². The van der Waals surface area contributed by atoms with Crippen molar-refractivity contribution in [1.29, 1.82) is 0 Å². The minimum atomic E-state index is -3.64. The van der Waals surface area contributed by atoms with Gasteiger partial charge < -0.3 is 10.0 Å². The number of benzene rings is 1. The van der Waals surface area contributed by atoms with Crippen molar-refractivity contribution in [2.24, 2.45) is 10.3 Å². The predicted molar refractivity (Wildman–Crippen MR) is 72.1 cm³/mol. The highest BCUT2D eigenvalue weighted by Crippen LogP contribution is 2.29. The van der Waals surface area contributed by atoms with Gasteiger partial charge in [0.2, 0.25) is 0 Å². The molecule has 0 unspecified atom stereocenters. The third kappa shape index (κ3) is 2.07. The van der Waals surface area contributed by atoms with Crippen molar-refractivity contribution in [3.63, 3.8) is 0 Å². The summed E-state index contributed by atoms with van der Waals surface area (Å²) < 4.78 is 27.8. The summed E-state index contributed by atoms with van der Waals surface area (Å²) >= 11 is 0. The molecule has 2 aliphatic heterocycles. The maximum atomic E-state index is 12.0. The van der Waals surface area contributed by atoms with Crippen LogP contribution >= 0.6 is 0 Å². The number of amidine groups is 1. The second-order valence-electron chi connectivity index (χ2n) is 5.01. The van der Waals surface area contributed by atoms with Crippen LogP contribution in [-0.4, -0.2) is 43.3 Å². The van der Waals surface area contributed by atoms with E-state index >= 15 is 0 Å². The van der Waals surface area contributed by atoms with Crippen LogP contribution in [0, 0.1) is 5.92 Å². The van der Waals surface area contributed by atoms with Crippen molar-refractivity contribution in [1.82, 2.24) is 4.90 Å². The summed E-state index contributed by atoms with van der Waals surface area (Å²) in [5.41, 5.74) is 0.568. The van der Waals surface area contributed by atoms with Gasteiger partial charge in [0.15, 0.2) is 5.84 Å². The second-order valence-corrected chi connectivity index (χ2v) is 6.58. The summed E-state index contributed by atoms with van der Waals surface area (Å²) in [5.74, 6) is -0.932. The zero-order chi connectivity index (χ0) is 14.3. The lowest BCUT2D eigenvalue weighted by atomic mass is 9.97. The first-order valence-electron chi connectivity index (χ1n) is 6.41. The lowest BCUT2D eigenvalue weighted by Gasteiger charge is -2.32. The van der Waals surface area contributed by atoms with Gasteiger partial charge in [-0.2, -0.15) is 8.42 Å². The van der Waals surface area contributed by atoms with Crippen molar-refractivity contribution >= 4 is 21.8 Å². The van der Waals surface area contributed by atoms with Crippen molar-refractivity contribution in [3.05, 3.63) is 29.8 Å². The summed E-state index contributed by atoms with van der Waals surface area (Å²) in [4.78, 5) is 13.1. The van der Waals surface area contributed by atoms with E-state index in [9.17, 15) is 13.2 Å². The first kappa shape index (κ1) is 13.1. The molecule has 2 heterocycles. The van der Waals surface area contributed by atoms with Crippen molar-refractivity contribution < 1.29 is 18.3 Å². The monoisotopic (exact) mass is 294 g/mol. The average Bonchev–Trinajstić information content (AvgIpc) is 2.72. The third-order valence-corrected chi connectivity index (χ3v) is 5.01. The van der Waals surface area contributed by atoms with E-state index in [4.69, 9.17) is 5.11 Å². The summed E-state index contributed by atoms with van der Waals surface area (Å²) in [5, 5.41) is 9.11. The van der Waals surface area contributed by atoms with Gasteiger partial charge in [0.05, 0.1) is 5.92 Å². The first-order valence-corrected chi connectivity index (χ1v) is 7.85. The Morgan fingerprint density at radius 2 is 2.10 bits per heavy atom. The van der Waals surface area contributed by atoms with E-state index in [1.165, 1.54) is 6.07 Å². The average molecular weight is 294 g/mol. The quantitative estimate of drug-likeness (QED) is 0.832. The standard InChI is InChI=1S/C13H14N2O4S/c16-13(17)9-4-3-7-15(8-9)12-10-5-1-2-6-11(10)20(18,19)14-12/h1-2,5-6,9H,3-4,7-8H2,(H,16,17)/t9-/m1/s1. The number of hydrogen-bond acceptors (Lipinski definition) is 4. The Morgan fingerprint density at radius 3 is 2.85 bits per heavy atom. The second kappa shape index (κ2) is 4.59. The van der Waals surface area contributed by atoms with Crippen molar-refractivity contribution in [3.8, 4) is 0 Å². The van der Waals surface area contributed by atoms with E-state index < -0.39 is 21.9 Å². The third-order valence-electron chi connectivity index (χ3n) is 3.68. The molecule has 6 nitrogen and oxygen atoms in total. The number of fused-ring (bicyclic) bond motifs is 1. The predicted octanol–water partition coefficient (Wildman–Crippen LogP) is 0.932. The fourth-order valence-corrected chi connectivity index (χ4v) is 3.92. The van der Waals surface area contributed by atoms with Crippen LogP contribution in [0.4, 0.5) is 0 Å². The molecule has 20 heavy (non-hydrogen) atoms. The van der Waals surface area contributed by atoms with Crippen LogP contribution in [0.2, 0.25) is 0 Å². The summed E-state index contributed by atoms with van der Waals surface area (Å²) in [6.45, 7) is 0.935. The van der Waals surface area contributed by atoms with Gasteiger partial charge in [0.1, 0.15) is 4.90 Å². The molecule has 0 saturated carbocycles. The van der Waals surface area contributed by atoms with Crippen LogP contribution in [0.5, 0.6) is 0 Å². The Kier molecular flexibility index (Phi) is 3.01. The van der Waals surface area contributed by atoms with Crippen LogP contribution in [0.15, 0.2) is 33.6 Å². The highest BCUT2D eigenvalue weighted by atomic mass is 32.2. The maximum absolute atomic E-state index is 12.0. The van der Waals surface area contributed by atoms with Gasteiger partial charge in [-0.25, -0.2) is 0 Å². The molecular weight excluding hydrogens is 280 g/mol. The minimum Gasteiger partial charge on any atom is -0.481 e. The van der Waals surface area contributed by atoms with E-state index in [0.29, 0.717) is 30.9 Å². The Labute approximate surface area is 116 Å². The number of hydrogen-bond donors (Lipinski definition) is 1. The molecule has 0 amide bonds. The first-order chi connectivity index (χ1) is 9.49. The molecule has 1 atom stereocenters. The normalized spacial score (nSPS) is 24.1. The number of sulfonamides is 1. The molecule has 2 aliphatic rings. The fraction of sp³-hybridized carbons (Fsp3) is 0.385. The summed E-state index contributed by atoms with van der Waals surface area (Å²) in [6, 6.07) is 6.65. The Balaban J connectivity index is 1.97. The molecule has 0 spiro atoms. The minimum absolute atomic E-state index is 0.201. The molecule has 1 saturated heterocycles. The SMILES string of the molecule is O=C(O)[C@@H]1CCCN(C2=NS(=O)(=O)c3ccccc32)C1. The number of aliphatic carboxylic acids is 1. The van der Waals surface area contributed by atoms with Gasteiger partial charge in [-0.05, 0) is 25.0 Å². The highest BCUT2D eigenvalue weighted by Gasteiger charge is 2.34. The van der Waals surface area contributed by atoms with E-state index in [0.717, 1.165) is 6.42 Å². The molecule has 7 heteroatoms. The van der Waals surface area contributed by atoms with Gasteiger partial charge in [-0.3, -0.25) is 4.79 Å². The zero-order valence-electron chi connectivity index (χ0n) is 10.7. The van der Waals surface area contributed by atoms with Gasteiger partial charge >= 0.3 is 5.97 Å². The number of carboxylic acids is 1. The molecule has 3 rings (SSSR count). The molecule has 0 aromatic heterocycles. The molecule has 1 N–H and O–H groups in total. The Morgan fingerprint density at radius 1 is 1.35 bits per heavy atom. The van der Waals surface area contributed by atoms with Gasteiger partial charge in [0.25, 0.3) is 10.0 Å². The lowest BCUT2D eigenvalue weighted by molar-refractivity contribution is -0.143. The van der Waals surface area contributed by atoms with Crippen LogP contribution < -0.4 is 0 Å². The molecular formula is C13H14N2O4S. The number of rotatable bonds is 1. The zero-order valence-corrected chi connectivity index (χ0v) is 11.5. The number of likely N-dealkylation sites (tertiary alicyclic amines) is 1. The smallest absolute Gasteiger partial charge is 0.308 e. The van der Waals surface area contributed by atoms with E-state index in [1.807, 2.05) is 0 Å². The lowest BCUT2D eigenvalue weighted by Crippen LogP contribution is -2.42. The molecule has 106 valence electrons. The summed E-state index contributed by atoms with van der Waals surface area (Å²) in [7, 11) is -3.64. The number of nitrogens with zero attached hydrogens (tertiary/aromatic N) is 2. The van der Waals surface area contributed by atoms with Gasteiger partial charge in [-0.1, -0.05) is 12.1 Å². The van der Waals surface area contributed by atoms with Crippen molar-refractivity contribution in [2.45, 2.75) is 17.7 Å². The van der Waals surface area contributed by atoms with Crippen LogP contribution in [0.3, 0.4) is 0 Å². The molecule has 1 aromatic carbocycles. The number of carbonyl (C=O) groups is 1. The van der Waals surface area contributed by atoms with Crippen LogP contribution in [0.25, 0.3) is 0 Å². The molecule has 0 aliphatic carbocycles. The largest absolute Gasteiger partial charge is 0.481 e. The van der Waals surface area contributed by atoms with Gasteiger partial charge in [0, 0.05) is 18.7 Å². The molecule has 0 radical (unpaired) electrons. The number of carboxylic acid groups (broad SMARTS) is 1. The number of piperidine rings is 1. The Hall–Kier alpha value is -1.89. The van der Waals surface area contributed by atoms with Crippen molar-refractivity contribution in [2.75, 3.05) is 13.1 Å². The highest BCUT2D eigenvalue weighted by molar-refractivity contribution is 7.90. The maximum Gasteiger partial charge on any atom is 0.308 e.